The third kappa shape index (κ3) is 44.1. The number of carbonyl (C=O) groups is 1. The summed E-state index contributed by atoms with van der Waals surface area (Å²) in [6.07, 6.45) is 60.8. The van der Waals surface area contributed by atoms with Gasteiger partial charge in [0.25, 0.3) is 0 Å². The molecule has 4 heteroatoms. The van der Waals surface area contributed by atoms with Gasteiger partial charge in [0, 0.05) is 6.42 Å². The first-order chi connectivity index (χ1) is 27.2. The molecule has 0 aliphatic carbocycles. The molecule has 0 saturated heterocycles. The van der Waals surface area contributed by atoms with E-state index < -0.39 is 12.1 Å². The number of aliphatic hydroxyl groups excluding tert-OH is 2. The number of rotatable bonds is 47. The van der Waals surface area contributed by atoms with Crippen molar-refractivity contribution in [3.63, 3.8) is 0 Å². The third-order valence-electron chi connectivity index (χ3n) is 12.0. The fourth-order valence-electron chi connectivity index (χ4n) is 8.12. The molecular formula is C51H101NO3. The molecule has 328 valence electrons. The summed E-state index contributed by atoms with van der Waals surface area (Å²) >= 11 is 0. The fraction of sp³-hybridized carbons (Fsp3) is 0.941. The maximum Gasteiger partial charge on any atom is 0.220 e. The summed E-state index contributed by atoms with van der Waals surface area (Å²) in [5.74, 6) is -0.0592. The van der Waals surface area contributed by atoms with Crippen molar-refractivity contribution in [3.8, 4) is 0 Å². The molecule has 0 radical (unpaired) electrons. The minimum atomic E-state index is -0.833. The van der Waals surface area contributed by atoms with Crippen LogP contribution in [0.15, 0.2) is 12.2 Å². The summed E-state index contributed by atoms with van der Waals surface area (Å²) in [4.78, 5) is 12.4. The average molecular weight is 776 g/mol. The van der Waals surface area contributed by atoms with Gasteiger partial charge in [0.1, 0.15) is 0 Å². The molecule has 0 heterocycles. The molecule has 0 unspecified atom stereocenters. The van der Waals surface area contributed by atoms with Crippen LogP contribution in [0.3, 0.4) is 0 Å². The number of hydrogen-bond acceptors (Lipinski definition) is 3. The van der Waals surface area contributed by atoms with E-state index in [4.69, 9.17) is 0 Å². The van der Waals surface area contributed by atoms with Crippen molar-refractivity contribution in [2.45, 2.75) is 302 Å². The van der Waals surface area contributed by atoms with Crippen LogP contribution in [0, 0.1) is 0 Å². The fourth-order valence-corrected chi connectivity index (χ4v) is 8.12. The summed E-state index contributed by atoms with van der Waals surface area (Å²) in [5.41, 5.74) is 0. The van der Waals surface area contributed by atoms with Crippen LogP contribution in [0.4, 0.5) is 0 Å². The molecule has 0 saturated carbocycles. The minimum Gasteiger partial charge on any atom is -0.394 e. The molecule has 0 fully saturated rings. The summed E-state index contributed by atoms with van der Waals surface area (Å²) in [6, 6.07) is -0.616. The molecular weight excluding hydrogens is 675 g/mol. The van der Waals surface area contributed by atoms with Gasteiger partial charge in [-0.2, -0.15) is 0 Å². The highest BCUT2D eigenvalue weighted by atomic mass is 16.3. The summed E-state index contributed by atoms with van der Waals surface area (Å²) in [6.45, 7) is 4.32. The van der Waals surface area contributed by atoms with Crippen LogP contribution >= 0.6 is 0 Å². The standard InChI is InChI=1S/C51H101NO3/c1-3-5-7-9-11-13-15-16-17-18-19-20-21-22-23-24-25-26-27-28-29-30-31-32-33-34-35-37-39-41-43-45-47-51(55)52-49(48-53)50(54)46-44-42-40-38-36-14-12-10-8-6-4-2/h44,46,49-50,53-54H,3-43,45,47-48H2,1-2H3,(H,52,55)/b46-44+/t49-,50+/m0/s1. The van der Waals surface area contributed by atoms with Crippen molar-refractivity contribution in [1.82, 2.24) is 5.32 Å². The Bertz CT molecular complexity index is 754. The zero-order valence-corrected chi connectivity index (χ0v) is 37.7. The van der Waals surface area contributed by atoms with Crippen molar-refractivity contribution in [1.29, 1.82) is 0 Å². The lowest BCUT2D eigenvalue weighted by Crippen LogP contribution is -2.45. The highest BCUT2D eigenvalue weighted by Crippen LogP contribution is 2.17. The van der Waals surface area contributed by atoms with Crippen LogP contribution in [0.1, 0.15) is 290 Å². The van der Waals surface area contributed by atoms with E-state index >= 15 is 0 Å². The van der Waals surface area contributed by atoms with E-state index in [1.54, 1.807) is 6.08 Å². The summed E-state index contributed by atoms with van der Waals surface area (Å²) in [7, 11) is 0. The SMILES string of the molecule is CCCCCCCCCCC/C=C/[C@@H](O)[C@H](CO)NC(=O)CCCCCCCCCCCCCCCCCCCCCCCCCCCCCCCCCC. The number of nitrogens with one attached hydrogen (secondary N) is 1. The third-order valence-corrected chi connectivity index (χ3v) is 12.0. The molecule has 0 bridgehead atoms. The highest BCUT2D eigenvalue weighted by Gasteiger charge is 2.18. The smallest absolute Gasteiger partial charge is 0.220 e. The molecule has 0 aromatic rings. The van der Waals surface area contributed by atoms with Crippen molar-refractivity contribution in [2.24, 2.45) is 0 Å². The zero-order chi connectivity index (χ0) is 40.0. The van der Waals surface area contributed by atoms with Gasteiger partial charge in [0.2, 0.25) is 5.91 Å². The van der Waals surface area contributed by atoms with E-state index in [0.717, 1.165) is 25.7 Å². The first-order valence-electron chi connectivity index (χ1n) is 25.4. The largest absolute Gasteiger partial charge is 0.394 e. The van der Waals surface area contributed by atoms with Gasteiger partial charge < -0.3 is 15.5 Å². The second kappa shape index (κ2) is 47.5. The maximum atomic E-state index is 12.4. The molecule has 0 aromatic carbocycles. The van der Waals surface area contributed by atoms with E-state index in [1.165, 1.54) is 244 Å². The van der Waals surface area contributed by atoms with Gasteiger partial charge in [0.05, 0.1) is 18.8 Å². The van der Waals surface area contributed by atoms with Gasteiger partial charge in [-0.1, -0.05) is 276 Å². The molecule has 0 aliphatic rings. The van der Waals surface area contributed by atoms with Crippen LogP contribution in [0.2, 0.25) is 0 Å². The van der Waals surface area contributed by atoms with Crippen molar-refractivity contribution in [2.75, 3.05) is 6.61 Å². The van der Waals surface area contributed by atoms with Gasteiger partial charge in [-0.3, -0.25) is 4.79 Å². The lowest BCUT2D eigenvalue weighted by Gasteiger charge is -2.20. The lowest BCUT2D eigenvalue weighted by atomic mass is 10.0. The van der Waals surface area contributed by atoms with Crippen molar-refractivity contribution >= 4 is 5.91 Å². The predicted molar refractivity (Wildman–Crippen MR) is 244 cm³/mol. The first-order valence-corrected chi connectivity index (χ1v) is 25.4. The Hall–Kier alpha value is -0.870. The molecule has 0 spiro atoms. The predicted octanol–water partition coefficient (Wildman–Crippen LogP) is 16.2. The summed E-state index contributed by atoms with van der Waals surface area (Å²) < 4.78 is 0. The van der Waals surface area contributed by atoms with Crippen molar-refractivity contribution in [3.05, 3.63) is 12.2 Å². The van der Waals surface area contributed by atoms with Crippen LogP contribution in [0.5, 0.6) is 0 Å². The second-order valence-electron chi connectivity index (χ2n) is 17.6. The molecule has 0 rings (SSSR count). The number of amides is 1. The number of aliphatic hydroxyl groups is 2. The monoisotopic (exact) mass is 776 g/mol. The molecule has 2 atom stereocenters. The Labute approximate surface area is 346 Å². The van der Waals surface area contributed by atoms with Gasteiger partial charge in [-0.05, 0) is 19.3 Å². The molecule has 0 aromatic heterocycles. The Morgan fingerprint density at radius 2 is 0.673 bits per heavy atom. The molecule has 4 nitrogen and oxygen atoms in total. The van der Waals surface area contributed by atoms with Gasteiger partial charge in [-0.25, -0.2) is 0 Å². The molecule has 3 N–H and O–H groups in total. The van der Waals surface area contributed by atoms with Crippen LogP contribution in [0.25, 0.3) is 0 Å². The van der Waals surface area contributed by atoms with E-state index in [-0.39, 0.29) is 12.5 Å². The quantitative estimate of drug-likeness (QED) is 0.0426. The Kier molecular flexibility index (Phi) is 46.8. The topological polar surface area (TPSA) is 69.6 Å². The number of unbranched alkanes of at least 4 members (excludes halogenated alkanes) is 40. The molecule has 55 heavy (non-hydrogen) atoms. The van der Waals surface area contributed by atoms with E-state index in [1.807, 2.05) is 6.08 Å². The van der Waals surface area contributed by atoms with E-state index in [2.05, 4.69) is 19.2 Å². The Morgan fingerprint density at radius 1 is 0.418 bits per heavy atom. The zero-order valence-electron chi connectivity index (χ0n) is 37.7. The van der Waals surface area contributed by atoms with Crippen LogP contribution < -0.4 is 5.32 Å². The van der Waals surface area contributed by atoms with E-state index in [0.29, 0.717) is 6.42 Å². The van der Waals surface area contributed by atoms with Gasteiger partial charge in [0.15, 0.2) is 0 Å². The van der Waals surface area contributed by atoms with Gasteiger partial charge in [-0.15, -0.1) is 0 Å². The molecule has 0 aliphatic heterocycles. The minimum absolute atomic E-state index is 0.0592. The second-order valence-corrected chi connectivity index (χ2v) is 17.6. The van der Waals surface area contributed by atoms with Gasteiger partial charge >= 0.3 is 0 Å². The van der Waals surface area contributed by atoms with Crippen LogP contribution in [-0.4, -0.2) is 34.9 Å². The molecule has 1 amide bonds. The number of hydrogen-bond donors (Lipinski definition) is 3. The average Bonchev–Trinajstić information content (AvgIpc) is 3.19. The number of allylic oxidation sites excluding steroid dienone is 1. The Morgan fingerprint density at radius 3 is 0.945 bits per heavy atom. The maximum absolute atomic E-state index is 12.4. The normalized spacial score (nSPS) is 12.9. The van der Waals surface area contributed by atoms with Crippen molar-refractivity contribution < 1.29 is 15.0 Å². The van der Waals surface area contributed by atoms with E-state index in [9.17, 15) is 15.0 Å². The lowest BCUT2D eigenvalue weighted by molar-refractivity contribution is -0.123. The van der Waals surface area contributed by atoms with Crippen LogP contribution in [-0.2, 0) is 4.79 Å². The summed E-state index contributed by atoms with van der Waals surface area (Å²) in [5, 5.41) is 23.0. The first kappa shape index (κ1) is 54.1. The number of carbonyl (C=O) groups excluding carboxylic acids is 1. The Balaban J connectivity index is 3.37. The highest BCUT2D eigenvalue weighted by molar-refractivity contribution is 5.76.